The number of alkyl halides is 2. The maximum atomic E-state index is 12.5. The van der Waals surface area contributed by atoms with Crippen molar-refractivity contribution in [3.63, 3.8) is 0 Å². The van der Waals surface area contributed by atoms with Crippen molar-refractivity contribution in [2.75, 3.05) is 7.11 Å². The molecule has 1 N–H and O–H groups in total. The van der Waals surface area contributed by atoms with Crippen LogP contribution in [0, 0.1) is 0 Å². The van der Waals surface area contributed by atoms with E-state index in [0.29, 0.717) is 11.1 Å². The summed E-state index contributed by atoms with van der Waals surface area (Å²) in [6.07, 6.45) is -0.0532. The van der Waals surface area contributed by atoms with Gasteiger partial charge >= 0.3 is 12.6 Å². The zero-order chi connectivity index (χ0) is 23.8. The summed E-state index contributed by atoms with van der Waals surface area (Å²) in [4.78, 5) is 28.3. The average molecular weight is 461 g/mol. The van der Waals surface area contributed by atoms with E-state index in [2.05, 4.69) is 20.2 Å². The number of rotatable bonds is 10. The topological polar surface area (TPSA) is 113 Å². The molecule has 3 aromatic rings. The summed E-state index contributed by atoms with van der Waals surface area (Å²) in [6, 6.07) is 12.3. The first-order valence-corrected chi connectivity index (χ1v) is 9.83. The third-order valence-corrected chi connectivity index (χ3v) is 4.35. The zero-order valence-corrected chi connectivity index (χ0v) is 17.8. The molecule has 2 aromatic carbocycles. The zero-order valence-electron chi connectivity index (χ0n) is 17.8. The minimum Gasteiger partial charge on any atom is -0.493 e. The van der Waals surface area contributed by atoms with Gasteiger partial charge in [0, 0.05) is 17.2 Å². The van der Waals surface area contributed by atoms with Crippen molar-refractivity contribution in [1.82, 2.24) is 15.5 Å². The SMILES string of the molecule is COc1cc(-c2noc(COC(=O)CC(C)NC(=O)c3ccccc3)n2)ccc1OC(F)F. The van der Waals surface area contributed by atoms with Gasteiger partial charge in [-0.15, -0.1) is 0 Å². The molecule has 0 spiro atoms. The Morgan fingerprint density at radius 1 is 1.12 bits per heavy atom. The van der Waals surface area contributed by atoms with Crippen LogP contribution in [0.1, 0.15) is 29.6 Å². The van der Waals surface area contributed by atoms with Gasteiger partial charge in [0.05, 0.1) is 13.5 Å². The number of amides is 1. The largest absolute Gasteiger partial charge is 0.493 e. The van der Waals surface area contributed by atoms with Crippen molar-refractivity contribution in [2.24, 2.45) is 0 Å². The summed E-state index contributed by atoms with van der Waals surface area (Å²) in [5, 5.41) is 6.50. The predicted octanol–water partition coefficient (Wildman–Crippen LogP) is 3.60. The number of halogens is 2. The van der Waals surface area contributed by atoms with Gasteiger partial charge in [-0.05, 0) is 37.3 Å². The van der Waals surface area contributed by atoms with E-state index in [-0.39, 0.29) is 42.1 Å². The van der Waals surface area contributed by atoms with Crippen LogP contribution in [0.5, 0.6) is 11.5 Å². The first-order valence-electron chi connectivity index (χ1n) is 9.83. The number of benzene rings is 2. The quantitative estimate of drug-likeness (QED) is 0.456. The molecule has 0 bridgehead atoms. The van der Waals surface area contributed by atoms with Gasteiger partial charge in [0.2, 0.25) is 5.82 Å². The number of carbonyl (C=O) groups excluding carboxylic acids is 2. The molecule has 1 heterocycles. The van der Waals surface area contributed by atoms with E-state index < -0.39 is 18.6 Å². The van der Waals surface area contributed by atoms with E-state index in [4.69, 9.17) is 14.0 Å². The summed E-state index contributed by atoms with van der Waals surface area (Å²) in [6.45, 7) is -1.58. The number of esters is 1. The van der Waals surface area contributed by atoms with Crippen molar-refractivity contribution in [1.29, 1.82) is 0 Å². The maximum absolute atomic E-state index is 12.5. The fourth-order valence-electron chi connectivity index (χ4n) is 2.83. The first-order chi connectivity index (χ1) is 15.9. The molecule has 0 aliphatic rings. The first kappa shape index (κ1) is 23.6. The fourth-order valence-corrected chi connectivity index (χ4v) is 2.83. The Kier molecular flexibility index (Phi) is 7.90. The van der Waals surface area contributed by atoms with E-state index in [1.807, 2.05) is 0 Å². The molecule has 33 heavy (non-hydrogen) atoms. The number of ether oxygens (including phenoxy) is 3. The van der Waals surface area contributed by atoms with Crippen molar-refractivity contribution in [2.45, 2.75) is 32.6 Å². The van der Waals surface area contributed by atoms with Gasteiger partial charge < -0.3 is 24.1 Å². The van der Waals surface area contributed by atoms with E-state index in [1.54, 1.807) is 37.3 Å². The second-order valence-corrected chi connectivity index (χ2v) is 6.86. The third-order valence-electron chi connectivity index (χ3n) is 4.35. The minimum atomic E-state index is -2.99. The van der Waals surface area contributed by atoms with Gasteiger partial charge in [0.15, 0.2) is 18.1 Å². The van der Waals surface area contributed by atoms with Crippen LogP contribution in [0.3, 0.4) is 0 Å². The second kappa shape index (κ2) is 11.0. The lowest BCUT2D eigenvalue weighted by Gasteiger charge is -2.13. The molecule has 174 valence electrons. The Labute approximate surface area is 187 Å². The van der Waals surface area contributed by atoms with Crippen LogP contribution < -0.4 is 14.8 Å². The number of nitrogens with one attached hydrogen (secondary N) is 1. The van der Waals surface area contributed by atoms with Crippen LogP contribution in [-0.4, -0.2) is 41.8 Å². The van der Waals surface area contributed by atoms with E-state index in [0.717, 1.165) is 0 Å². The predicted molar refractivity (Wildman–Crippen MR) is 111 cm³/mol. The highest BCUT2D eigenvalue weighted by molar-refractivity contribution is 5.94. The molecule has 1 unspecified atom stereocenters. The number of hydrogen-bond donors (Lipinski definition) is 1. The van der Waals surface area contributed by atoms with Crippen LogP contribution in [0.25, 0.3) is 11.4 Å². The minimum absolute atomic E-state index is 0.0335. The molecule has 9 nitrogen and oxygen atoms in total. The van der Waals surface area contributed by atoms with Crippen LogP contribution in [0.15, 0.2) is 53.1 Å². The molecule has 3 rings (SSSR count). The third kappa shape index (κ3) is 6.73. The second-order valence-electron chi connectivity index (χ2n) is 6.86. The van der Waals surface area contributed by atoms with Crippen molar-refractivity contribution < 1.29 is 37.1 Å². The summed E-state index contributed by atoms with van der Waals surface area (Å²) in [5.74, 6) is -0.749. The van der Waals surface area contributed by atoms with Gasteiger partial charge in [-0.2, -0.15) is 13.8 Å². The van der Waals surface area contributed by atoms with Crippen molar-refractivity contribution in [3.8, 4) is 22.9 Å². The standard InChI is InChI=1S/C22H21F2N3O6/c1-13(25-21(29)14-6-4-3-5-7-14)10-19(28)31-12-18-26-20(27-33-18)15-8-9-16(32-22(23)24)17(11-15)30-2/h3-9,11,13,22H,10,12H2,1-2H3,(H,25,29). The molecule has 11 heteroatoms. The van der Waals surface area contributed by atoms with Gasteiger partial charge in [-0.1, -0.05) is 23.4 Å². The molecule has 0 radical (unpaired) electrons. The Morgan fingerprint density at radius 3 is 2.58 bits per heavy atom. The van der Waals surface area contributed by atoms with Gasteiger partial charge in [-0.25, -0.2) is 0 Å². The molecular weight excluding hydrogens is 440 g/mol. The number of carbonyl (C=O) groups is 2. The van der Waals surface area contributed by atoms with E-state index >= 15 is 0 Å². The maximum Gasteiger partial charge on any atom is 0.387 e. The summed E-state index contributed by atoms with van der Waals surface area (Å²) < 4.78 is 44.5. The van der Waals surface area contributed by atoms with Crippen LogP contribution >= 0.6 is 0 Å². The lowest BCUT2D eigenvalue weighted by atomic mass is 10.2. The van der Waals surface area contributed by atoms with Gasteiger partial charge in [0.1, 0.15) is 0 Å². The van der Waals surface area contributed by atoms with Crippen LogP contribution in [-0.2, 0) is 16.1 Å². The van der Waals surface area contributed by atoms with Crippen LogP contribution in [0.4, 0.5) is 8.78 Å². The molecule has 0 aliphatic carbocycles. The summed E-state index contributed by atoms with van der Waals surface area (Å²) in [7, 11) is 1.31. The van der Waals surface area contributed by atoms with Crippen molar-refractivity contribution in [3.05, 3.63) is 60.0 Å². The molecular formula is C22H21F2N3O6. The van der Waals surface area contributed by atoms with Crippen LogP contribution in [0.2, 0.25) is 0 Å². The molecule has 0 fully saturated rings. The molecule has 1 amide bonds. The molecule has 0 saturated heterocycles. The molecule has 0 saturated carbocycles. The van der Waals surface area contributed by atoms with E-state index in [1.165, 1.54) is 25.3 Å². The smallest absolute Gasteiger partial charge is 0.387 e. The highest BCUT2D eigenvalue weighted by Crippen LogP contribution is 2.32. The Balaban J connectivity index is 1.52. The lowest BCUT2D eigenvalue weighted by Crippen LogP contribution is -2.34. The lowest BCUT2D eigenvalue weighted by molar-refractivity contribution is -0.146. The van der Waals surface area contributed by atoms with Crippen molar-refractivity contribution >= 4 is 11.9 Å². The number of hydrogen-bond acceptors (Lipinski definition) is 8. The molecule has 0 aliphatic heterocycles. The number of aromatic nitrogens is 2. The highest BCUT2D eigenvalue weighted by atomic mass is 19.3. The van der Waals surface area contributed by atoms with Gasteiger partial charge in [0.25, 0.3) is 11.8 Å². The fraction of sp³-hybridized carbons (Fsp3) is 0.273. The highest BCUT2D eigenvalue weighted by Gasteiger charge is 2.17. The Morgan fingerprint density at radius 2 is 1.88 bits per heavy atom. The number of nitrogens with zero attached hydrogens (tertiary/aromatic N) is 2. The van der Waals surface area contributed by atoms with E-state index in [9.17, 15) is 18.4 Å². The molecule has 1 atom stereocenters. The van der Waals surface area contributed by atoms with Gasteiger partial charge in [-0.3, -0.25) is 9.59 Å². The molecule has 1 aromatic heterocycles. The normalized spacial score (nSPS) is 11.7. The Bertz CT molecular complexity index is 1090. The average Bonchev–Trinajstić information content (AvgIpc) is 3.27. The summed E-state index contributed by atoms with van der Waals surface area (Å²) >= 11 is 0. The Hall–Kier alpha value is -4.02. The summed E-state index contributed by atoms with van der Waals surface area (Å²) in [5.41, 5.74) is 0.911. The monoisotopic (exact) mass is 461 g/mol. The number of methoxy groups -OCH3 is 1.